The van der Waals surface area contributed by atoms with Crippen molar-refractivity contribution in [3.63, 3.8) is 0 Å². The minimum Gasteiger partial charge on any atom is -0.386 e. The van der Waals surface area contributed by atoms with E-state index in [-0.39, 0.29) is 0 Å². The van der Waals surface area contributed by atoms with Crippen LogP contribution in [0.15, 0.2) is 12.1 Å². The predicted octanol–water partition coefficient (Wildman–Crippen LogP) is 2.27. The van der Waals surface area contributed by atoms with Crippen LogP contribution in [-0.4, -0.2) is 10.1 Å². The second-order valence-electron chi connectivity index (χ2n) is 3.35. The molecule has 1 heterocycles. The number of rotatable bonds is 1. The average molecular weight is 186 g/mol. The Morgan fingerprint density at radius 1 is 1.42 bits per heavy atom. The number of halogens is 1. The smallest absolute Gasteiger partial charge is 0.135 e. The maximum atomic E-state index is 9.64. The lowest BCUT2D eigenvalue weighted by Gasteiger charge is -2.18. The van der Waals surface area contributed by atoms with E-state index in [1.165, 1.54) is 0 Å². The highest BCUT2D eigenvalue weighted by Crippen LogP contribution is 2.25. The van der Waals surface area contributed by atoms with E-state index in [1.54, 1.807) is 19.9 Å². The molecule has 0 radical (unpaired) electrons. The van der Waals surface area contributed by atoms with Crippen molar-refractivity contribution in [2.75, 3.05) is 0 Å². The zero-order chi connectivity index (χ0) is 9.35. The molecular weight excluding hydrogens is 174 g/mol. The first-order chi connectivity index (χ1) is 5.41. The van der Waals surface area contributed by atoms with E-state index in [4.69, 9.17) is 11.6 Å². The molecule has 0 saturated heterocycles. The van der Waals surface area contributed by atoms with Gasteiger partial charge >= 0.3 is 0 Å². The summed E-state index contributed by atoms with van der Waals surface area (Å²) in [6, 6.07) is 3.63. The first kappa shape index (κ1) is 9.49. The maximum absolute atomic E-state index is 9.64. The number of aliphatic hydroxyl groups is 1. The van der Waals surface area contributed by atoms with Crippen molar-refractivity contribution in [3.8, 4) is 0 Å². The van der Waals surface area contributed by atoms with Gasteiger partial charge in [-0.05, 0) is 26.8 Å². The molecule has 0 aliphatic carbocycles. The Kier molecular flexibility index (Phi) is 2.40. The standard InChI is InChI=1S/C9H12ClNO/c1-6-4-5-7(8(10)11-6)9(2,3)12/h4-5,12H,1-3H3. The molecular formula is C9H12ClNO. The topological polar surface area (TPSA) is 33.1 Å². The van der Waals surface area contributed by atoms with Crippen LogP contribution in [0, 0.1) is 6.92 Å². The number of hydrogen-bond acceptors (Lipinski definition) is 2. The molecule has 2 nitrogen and oxygen atoms in total. The van der Waals surface area contributed by atoms with Crippen LogP contribution in [0.2, 0.25) is 5.15 Å². The van der Waals surface area contributed by atoms with Gasteiger partial charge in [0.1, 0.15) is 5.15 Å². The number of hydrogen-bond donors (Lipinski definition) is 1. The molecule has 3 heteroatoms. The van der Waals surface area contributed by atoms with Crippen LogP contribution in [0.1, 0.15) is 25.1 Å². The molecule has 0 aliphatic heterocycles. The van der Waals surface area contributed by atoms with Gasteiger partial charge in [-0.15, -0.1) is 0 Å². The fraction of sp³-hybridized carbons (Fsp3) is 0.444. The van der Waals surface area contributed by atoms with E-state index >= 15 is 0 Å². The van der Waals surface area contributed by atoms with Crippen LogP contribution >= 0.6 is 11.6 Å². The average Bonchev–Trinajstić information content (AvgIpc) is 1.83. The molecule has 66 valence electrons. The zero-order valence-electron chi connectivity index (χ0n) is 7.43. The monoisotopic (exact) mass is 185 g/mol. The van der Waals surface area contributed by atoms with Crippen molar-refractivity contribution < 1.29 is 5.11 Å². The summed E-state index contributed by atoms with van der Waals surface area (Å²) in [6.07, 6.45) is 0. The van der Waals surface area contributed by atoms with Crippen molar-refractivity contribution in [2.24, 2.45) is 0 Å². The molecule has 0 fully saturated rings. The summed E-state index contributed by atoms with van der Waals surface area (Å²) in [6.45, 7) is 5.23. The van der Waals surface area contributed by atoms with Gasteiger partial charge in [-0.25, -0.2) is 4.98 Å². The van der Waals surface area contributed by atoms with Gasteiger partial charge in [-0.1, -0.05) is 17.7 Å². The van der Waals surface area contributed by atoms with Crippen molar-refractivity contribution >= 4 is 11.6 Å². The molecule has 1 N–H and O–H groups in total. The third kappa shape index (κ3) is 1.96. The molecule has 12 heavy (non-hydrogen) atoms. The molecule has 0 saturated carbocycles. The summed E-state index contributed by atoms with van der Waals surface area (Å²) >= 11 is 5.84. The van der Waals surface area contributed by atoms with Crippen molar-refractivity contribution in [2.45, 2.75) is 26.4 Å². The Hall–Kier alpha value is -0.600. The maximum Gasteiger partial charge on any atom is 0.135 e. The molecule has 0 amide bonds. The predicted molar refractivity (Wildman–Crippen MR) is 49.2 cm³/mol. The molecule has 1 rings (SSSR count). The molecule has 0 aliphatic rings. The SMILES string of the molecule is Cc1ccc(C(C)(C)O)c(Cl)n1. The second-order valence-corrected chi connectivity index (χ2v) is 3.71. The number of aryl methyl sites for hydroxylation is 1. The van der Waals surface area contributed by atoms with E-state index in [0.717, 1.165) is 5.69 Å². The minimum atomic E-state index is -0.919. The largest absolute Gasteiger partial charge is 0.386 e. The van der Waals surface area contributed by atoms with E-state index in [9.17, 15) is 5.11 Å². The Morgan fingerprint density at radius 2 is 2.00 bits per heavy atom. The van der Waals surface area contributed by atoms with Gasteiger partial charge in [0.2, 0.25) is 0 Å². The molecule has 0 bridgehead atoms. The first-order valence-electron chi connectivity index (χ1n) is 3.77. The van der Waals surface area contributed by atoms with Gasteiger partial charge in [-0.2, -0.15) is 0 Å². The Labute approximate surface area is 77.2 Å². The zero-order valence-corrected chi connectivity index (χ0v) is 8.18. The Balaban J connectivity index is 3.19. The van der Waals surface area contributed by atoms with Crippen LogP contribution in [0.4, 0.5) is 0 Å². The van der Waals surface area contributed by atoms with Crippen molar-refractivity contribution in [3.05, 3.63) is 28.5 Å². The van der Waals surface area contributed by atoms with Gasteiger partial charge in [0.05, 0.1) is 5.60 Å². The van der Waals surface area contributed by atoms with Crippen LogP contribution in [0.3, 0.4) is 0 Å². The molecule has 0 spiro atoms. The summed E-state index contributed by atoms with van der Waals surface area (Å²) in [5.41, 5.74) is 0.598. The molecule has 0 atom stereocenters. The third-order valence-corrected chi connectivity index (χ3v) is 1.94. The fourth-order valence-electron chi connectivity index (χ4n) is 0.981. The van der Waals surface area contributed by atoms with Crippen LogP contribution in [0.25, 0.3) is 0 Å². The summed E-state index contributed by atoms with van der Waals surface area (Å²) in [5.74, 6) is 0. The highest BCUT2D eigenvalue weighted by Gasteiger charge is 2.19. The highest BCUT2D eigenvalue weighted by atomic mass is 35.5. The van der Waals surface area contributed by atoms with Gasteiger partial charge in [0.25, 0.3) is 0 Å². The lowest BCUT2D eigenvalue weighted by molar-refractivity contribution is 0.0783. The molecule has 1 aromatic heterocycles. The van der Waals surface area contributed by atoms with Gasteiger partial charge < -0.3 is 5.11 Å². The van der Waals surface area contributed by atoms with Crippen LogP contribution in [0.5, 0.6) is 0 Å². The Bertz CT molecular complexity index is 291. The van der Waals surface area contributed by atoms with Gasteiger partial charge in [0.15, 0.2) is 0 Å². The lowest BCUT2D eigenvalue weighted by atomic mass is 10.0. The van der Waals surface area contributed by atoms with Crippen LogP contribution < -0.4 is 0 Å². The van der Waals surface area contributed by atoms with Crippen LogP contribution in [-0.2, 0) is 5.60 Å². The number of pyridine rings is 1. The van der Waals surface area contributed by atoms with E-state index < -0.39 is 5.60 Å². The number of aromatic nitrogens is 1. The number of nitrogens with zero attached hydrogens (tertiary/aromatic N) is 1. The van der Waals surface area contributed by atoms with E-state index in [2.05, 4.69) is 4.98 Å². The van der Waals surface area contributed by atoms with Crippen molar-refractivity contribution in [1.82, 2.24) is 4.98 Å². The Morgan fingerprint density at radius 3 is 2.42 bits per heavy atom. The summed E-state index contributed by atoms with van der Waals surface area (Å²) in [5, 5.41) is 10.0. The minimum absolute atomic E-state index is 0.377. The normalized spacial score (nSPS) is 11.8. The second kappa shape index (κ2) is 3.04. The lowest BCUT2D eigenvalue weighted by Crippen LogP contribution is -2.16. The quantitative estimate of drug-likeness (QED) is 0.681. The molecule has 0 unspecified atom stereocenters. The first-order valence-corrected chi connectivity index (χ1v) is 4.15. The molecule has 0 aromatic carbocycles. The summed E-state index contributed by atoms with van der Waals surface area (Å²) in [7, 11) is 0. The fourth-order valence-corrected chi connectivity index (χ4v) is 1.41. The van der Waals surface area contributed by atoms with Gasteiger partial charge in [-0.3, -0.25) is 0 Å². The summed E-state index contributed by atoms with van der Waals surface area (Å²) < 4.78 is 0. The van der Waals surface area contributed by atoms with Gasteiger partial charge in [0, 0.05) is 11.3 Å². The summed E-state index contributed by atoms with van der Waals surface area (Å²) in [4.78, 5) is 4.05. The van der Waals surface area contributed by atoms with Crippen molar-refractivity contribution in [1.29, 1.82) is 0 Å². The molecule has 1 aromatic rings. The third-order valence-electron chi connectivity index (χ3n) is 1.65. The highest BCUT2D eigenvalue weighted by molar-refractivity contribution is 6.30. The van der Waals surface area contributed by atoms with E-state index in [1.807, 2.05) is 13.0 Å². The van der Waals surface area contributed by atoms with E-state index in [0.29, 0.717) is 10.7 Å².